The first-order valence-electron chi connectivity index (χ1n) is 13.2. The molecule has 2 fully saturated rings. The number of likely N-dealkylation sites (tertiary alicyclic amines) is 2. The number of hydrogen-bond donors (Lipinski definition) is 2. The van der Waals surface area contributed by atoms with E-state index in [9.17, 15) is 14.7 Å². The lowest BCUT2D eigenvalue weighted by Gasteiger charge is -2.47. The van der Waals surface area contributed by atoms with Gasteiger partial charge in [-0.1, -0.05) is 24.3 Å². The van der Waals surface area contributed by atoms with Crippen LogP contribution in [-0.2, 0) is 17.8 Å². The highest BCUT2D eigenvalue weighted by Crippen LogP contribution is 2.29. The standard InChI is InChI=1S/C28H37N5O3/c1-19-27(35)25(32-13-8-21-5-3-4-6-23(21)18-32)11-16-33(19)28(36)22-7-12-29-26(17-22)30-24-9-14-31(15-10-24)20(2)34/h3-7,12,17,19,24-25,27,35H,8-11,13-16,18H2,1-2H3,(H,29,30). The highest BCUT2D eigenvalue weighted by atomic mass is 16.3. The molecule has 2 N–H and O–H groups in total. The van der Waals surface area contributed by atoms with Gasteiger partial charge in [0.2, 0.25) is 5.91 Å². The zero-order valence-corrected chi connectivity index (χ0v) is 21.3. The first kappa shape index (κ1) is 24.7. The summed E-state index contributed by atoms with van der Waals surface area (Å²) in [5, 5.41) is 14.7. The van der Waals surface area contributed by atoms with E-state index in [2.05, 4.69) is 39.5 Å². The monoisotopic (exact) mass is 491 g/mol. The van der Waals surface area contributed by atoms with Crippen molar-refractivity contribution in [3.05, 3.63) is 59.3 Å². The minimum atomic E-state index is -0.598. The molecule has 1 aromatic heterocycles. The molecule has 0 spiro atoms. The Morgan fingerprint density at radius 3 is 2.53 bits per heavy atom. The van der Waals surface area contributed by atoms with Crippen molar-refractivity contribution >= 4 is 17.6 Å². The normalized spacial score (nSPS) is 25.4. The maximum atomic E-state index is 13.5. The Bertz CT molecular complexity index is 1100. The van der Waals surface area contributed by atoms with Crippen molar-refractivity contribution in [1.29, 1.82) is 0 Å². The fourth-order valence-electron chi connectivity index (χ4n) is 5.99. The zero-order valence-electron chi connectivity index (χ0n) is 21.3. The van der Waals surface area contributed by atoms with Gasteiger partial charge in [-0.25, -0.2) is 4.98 Å². The van der Waals surface area contributed by atoms with Crippen LogP contribution in [0.25, 0.3) is 0 Å². The van der Waals surface area contributed by atoms with Crippen LogP contribution < -0.4 is 5.32 Å². The summed E-state index contributed by atoms with van der Waals surface area (Å²) in [6, 6.07) is 12.1. The van der Waals surface area contributed by atoms with Gasteiger partial charge in [-0.3, -0.25) is 14.5 Å². The summed E-state index contributed by atoms with van der Waals surface area (Å²) in [6.07, 6.45) is 4.54. The number of carbonyl (C=O) groups is 2. The summed E-state index contributed by atoms with van der Waals surface area (Å²) in [4.78, 5) is 35.5. The molecule has 3 aliphatic heterocycles. The topological polar surface area (TPSA) is 89.0 Å². The zero-order chi connectivity index (χ0) is 25.2. The van der Waals surface area contributed by atoms with E-state index in [1.54, 1.807) is 19.2 Å². The highest BCUT2D eigenvalue weighted by molar-refractivity contribution is 5.95. The molecule has 3 unspecified atom stereocenters. The number of nitrogens with one attached hydrogen (secondary N) is 1. The second-order valence-electron chi connectivity index (χ2n) is 10.4. The van der Waals surface area contributed by atoms with E-state index >= 15 is 0 Å². The molecule has 192 valence electrons. The van der Waals surface area contributed by atoms with Gasteiger partial charge in [0.15, 0.2) is 0 Å². The number of aliphatic hydroxyl groups excluding tert-OH is 1. The number of amides is 2. The molecule has 3 atom stereocenters. The van der Waals surface area contributed by atoms with Gasteiger partial charge in [0.05, 0.1) is 12.1 Å². The van der Waals surface area contributed by atoms with Gasteiger partial charge in [-0.05, 0) is 55.9 Å². The number of hydrogen-bond acceptors (Lipinski definition) is 6. The van der Waals surface area contributed by atoms with E-state index in [4.69, 9.17) is 0 Å². The van der Waals surface area contributed by atoms with Crippen LogP contribution in [0, 0.1) is 0 Å². The predicted molar refractivity (Wildman–Crippen MR) is 139 cm³/mol. The fraction of sp³-hybridized carbons (Fsp3) is 0.536. The Morgan fingerprint density at radius 1 is 1.03 bits per heavy atom. The molecule has 2 aromatic rings. The van der Waals surface area contributed by atoms with Crippen LogP contribution in [0.3, 0.4) is 0 Å². The average molecular weight is 492 g/mol. The lowest BCUT2D eigenvalue weighted by atomic mass is 9.90. The first-order chi connectivity index (χ1) is 17.4. The number of carbonyl (C=O) groups excluding carboxylic acids is 2. The summed E-state index contributed by atoms with van der Waals surface area (Å²) in [6.45, 7) is 7.44. The molecule has 1 aromatic carbocycles. The first-order valence-corrected chi connectivity index (χ1v) is 13.2. The molecule has 5 rings (SSSR count). The SMILES string of the molecule is CC(=O)N1CCC(Nc2cc(C(=O)N3CCC(N4CCc5ccccc5C4)C(O)C3C)ccn2)CC1. The molecular formula is C28H37N5O3. The molecular weight excluding hydrogens is 454 g/mol. The third-order valence-corrected chi connectivity index (χ3v) is 8.24. The minimum Gasteiger partial charge on any atom is -0.389 e. The lowest BCUT2D eigenvalue weighted by Crippen LogP contribution is -2.60. The van der Waals surface area contributed by atoms with Gasteiger partial charge in [-0.2, -0.15) is 0 Å². The lowest BCUT2D eigenvalue weighted by molar-refractivity contribution is -0.129. The van der Waals surface area contributed by atoms with Crippen LogP contribution >= 0.6 is 0 Å². The van der Waals surface area contributed by atoms with E-state index in [0.717, 1.165) is 51.9 Å². The van der Waals surface area contributed by atoms with Crippen molar-refractivity contribution in [2.45, 2.75) is 70.3 Å². The number of piperidine rings is 2. The van der Waals surface area contributed by atoms with Crippen LogP contribution in [0.5, 0.6) is 0 Å². The summed E-state index contributed by atoms with van der Waals surface area (Å²) in [7, 11) is 0. The van der Waals surface area contributed by atoms with Crippen LogP contribution in [-0.4, -0.2) is 87.0 Å². The Kier molecular flexibility index (Phi) is 7.25. The van der Waals surface area contributed by atoms with Gasteiger partial charge in [-0.15, -0.1) is 0 Å². The molecule has 0 saturated carbocycles. The third-order valence-electron chi connectivity index (χ3n) is 8.24. The predicted octanol–water partition coefficient (Wildman–Crippen LogP) is 2.53. The Labute approximate surface area is 213 Å². The van der Waals surface area contributed by atoms with Gasteiger partial charge >= 0.3 is 0 Å². The van der Waals surface area contributed by atoms with Gasteiger partial charge in [0.1, 0.15) is 5.82 Å². The molecule has 3 aliphatic rings. The van der Waals surface area contributed by atoms with Crippen molar-refractivity contribution < 1.29 is 14.7 Å². The molecule has 0 aliphatic carbocycles. The van der Waals surface area contributed by atoms with Crippen LogP contribution in [0.2, 0.25) is 0 Å². The van der Waals surface area contributed by atoms with Gasteiger partial charge < -0.3 is 20.2 Å². The number of nitrogens with zero attached hydrogens (tertiary/aromatic N) is 4. The molecule has 2 amide bonds. The molecule has 36 heavy (non-hydrogen) atoms. The van der Waals surface area contributed by atoms with Crippen molar-refractivity contribution in [2.24, 2.45) is 0 Å². The van der Waals surface area contributed by atoms with Crippen molar-refractivity contribution in [3.63, 3.8) is 0 Å². The number of rotatable bonds is 4. The average Bonchev–Trinajstić information content (AvgIpc) is 2.90. The number of fused-ring (bicyclic) bond motifs is 1. The minimum absolute atomic E-state index is 0.0490. The van der Waals surface area contributed by atoms with Crippen LogP contribution in [0.4, 0.5) is 5.82 Å². The molecule has 2 saturated heterocycles. The van der Waals surface area contributed by atoms with E-state index < -0.39 is 6.10 Å². The summed E-state index contributed by atoms with van der Waals surface area (Å²) in [5.74, 6) is 0.724. The van der Waals surface area contributed by atoms with Crippen LogP contribution in [0.15, 0.2) is 42.6 Å². The summed E-state index contributed by atoms with van der Waals surface area (Å²) in [5.41, 5.74) is 3.32. The third kappa shape index (κ3) is 5.11. The number of pyridine rings is 1. The van der Waals surface area contributed by atoms with Gasteiger partial charge in [0, 0.05) is 63.5 Å². The molecule has 0 radical (unpaired) electrons. The smallest absolute Gasteiger partial charge is 0.254 e. The number of anilines is 1. The van der Waals surface area contributed by atoms with Crippen molar-refractivity contribution in [2.75, 3.05) is 31.5 Å². The van der Waals surface area contributed by atoms with E-state index in [0.29, 0.717) is 17.9 Å². The highest BCUT2D eigenvalue weighted by Gasteiger charge is 2.40. The van der Waals surface area contributed by atoms with E-state index in [-0.39, 0.29) is 29.9 Å². The van der Waals surface area contributed by atoms with E-state index in [1.807, 2.05) is 22.8 Å². The quantitative estimate of drug-likeness (QED) is 0.683. The Balaban J connectivity index is 1.21. The maximum Gasteiger partial charge on any atom is 0.254 e. The van der Waals surface area contributed by atoms with Crippen molar-refractivity contribution in [1.82, 2.24) is 19.7 Å². The number of aromatic nitrogens is 1. The summed E-state index contributed by atoms with van der Waals surface area (Å²) >= 11 is 0. The number of aliphatic hydroxyl groups is 1. The molecule has 0 bridgehead atoms. The Morgan fingerprint density at radius 2 is 1.78 bits per heavy atom. The molecule has 8 heteroatoms. The van der Waals surface area contributed by atoms with Gasteiger partial charge in [0.25, 0.3) is 5.91 Å². The summed E-state index contributed by atoms with van der Waals surface area (Å²) < 4.78 is 0. The maximum absolute atomic E-state index is 13.5. The van der Waals surface area contributed by atoms with Crippen molar-refractivity contribution in [3.8, 4) is 0 Å². The second-order valence-corrected chi connectivity index (χ2v) is 10.4. The van der Waals surface area contributed by atoms with E-state index in [1.165, 1.54) is 11.1 Å². The Hall–Kier alpha value is -2.97. The second kappa shape index (κ2) is 10.6. The van der Waals surface area contributed by atoms with Crippen LogP contribution in [0.1, 0.15) is 54.6 Å². The largest absolute Gasteiger partial charge is 0.389 e. The molecule has 8 nitrogen and oxygen atoms in total. The fourth-order valence-corrected chi connectivity index (χ4v) is 5.99. The molecule has 4 heterocycles. The number of benzene rings is 1.